The number of hydrogen-bond donors (Lipinski definition) is 0. The van der Waals surface area contributed by atoms with Gasteiger partial charge in [-0.1, -0.05) is 19.0 Å². The molecule has 7 nitrogen and oxygen atoms in total. The molecule has 7 heteroatoms. The highest BCUT2D eigenvalue weighted by molar-refractivity contribution is 5.94. The number of likely N-dealkylation sites (tertiary alicyclic amines) is 2. The monoisotopic (exact) mass is 369 g/mol. The van der Waals surface area contributed by atoms with Crippen LogP contribution in [0.25, 0.3) is 0 Å². The Morgan fingerprint density at radius 2 is 2.26 bits per heavy atom. The second kappa shape index (κ2) is 7.03. The second-order valence-electron chi connectivity index (χ2n) is 8.34. The van der Waals surface area contributed by atoms with Crippen LogP contribution in [0.4, 0.5) is 0 Å². The van der Waals surface area contributed by atoms with Crippen molar-refractivity contribution < 1.29 is 9.32 Å². The molecular formula is C20H27N5O2. The Balaban J connectivity index is 1.64. The molecule has 0 saturated carbocycles. The molecule has 1 amide bonds. The number of amides is 1. The Morgan fingerprint density at radius 1 is 1.41 bits per heavy atom. The number of pyridine rings is 1. The Hall–Kier alpha value is -2.28. The van der Waals surface area contributed by atoms with E-state index in [2.05, 4.69) is 33.9 Å². The molecule has 2 aliphatic rings. The van der Waals surface area contributed by atoms with Crippen LogP contribution in [-0.2, 0) is 5.41 Å². The van der Waals surface area contributed by atoms with E-state index >= 15 is 0 Å². The third-order valence-electron chi connectivity index (χ3n) is 5.76. The summed E-state index contributed by atoms with van der Waals surface area (Å²) >= 11 is 0. The third-order valence-corrected chi connectivity index (χ3v) is 5.76. The molecule has 0 aliphatic carbocycles. The third kappa shape index (κ3) is 3.36. The molecule has 0 unspecified atom stereocenters. The lowest BCUT2D eigenvalue weighted by atomic mass is 9.73. The fourth-order valence-electron chi connectivity index (χ4n) is 4.67. The summed E-state index contributed by atoms with van der Waals surface area (Å²) in [5, 5.41) is 4.04. The number of hydrogen-bond acceptors (Lipinski definition) is 6. The predicted octanol–water partition coefficient (Wildman–Crippen LogP) is 2.14. The highest BCUT2D eigenvalue weighted by atomic mass is 16.5. The van der Waals surface area contributed by atoms with Crippen LogP contribution in [-0.4, -0.2) is 63.6 Å². The lowest BCUT2D eigenvalue weighted by Gasteiger charge is -2.41. The van der Waals surface area contributed by atoms with Crippen LogP contribution < -0.4 is 0 Å². The molecule has 4 heterocycles. The van der Waals surface area contributed by atoms with E-state index in [9.17, 15) is 4.79 Å². The van der Waals surface area contributed by atoms with Crippen LogP contribution in [0.1, 0.15) is 42.3 Å². The molecule has 0 spiro atoms. The summed E-state index contributed by atoms with van der Waals surface area (Å²) < 4.78 is 5.66. The van der Waals surface area contributed by atoms with Gasteiger partial charge in [0.25, 0.3) is 5.91 Å². The van der Waals surface area contributed by atoms with Gasteiger partial charge in [0.2, 0.25) is 5.89 Å². The highest BCUT2D eigenvalue weighted by Gasteiger charge is 2.55. The van der Waals surface area contributed by atoms with Crippen molar-refractivity contribution in [2.45, 2.75) is 32.6 Å². The lowest BCUT2D eigenvalue weighted by Crippen LogP contribution is -2.53. The summed E-state index contributed by atoms with van der Waals surface area (Å²) in [5.41, 5.74) is 0.344. The first kappa shape index (κ1) is 18.1. The first-order chi connectivity index (χ1) is 13.0. The normalized spacial score (nSPS) is 25.8. The quantitative estimate of drug-likeness (QED) is 0.822. The van der Waals surface area contributed by atoms with Crippen molar-refractivity contribution in [1.82, 2.24) is 24.9 Å². The van der Waals surface area contributed by atoms with Crippen molar-refractivity contribution >= 4 is 5.91 Å². The molecule has 2 saturated heterocycles. The van der Waals surface area contributed by atoms with Crippen molar-refractivity contribution in [2.75, 3.05) is 32.7 Å². The lowest BCUT2D eigenvalue weighted by molar-refractivity contribution is 0.0536. The minimum absolute atomic E-state index is 0.0273. The number of piperidine rings is 1. The van der Waals surface area contributed by atoms with Crippen LogP contribution in [0.5, 0.6) is 0 Å². The molecule has 0 bridgehead atoms. The summed E-state index contributed by atoms with van der Waals surface area (Å²) in [5.74, 6) is 2.38. The summed E-state index contributed by atoms with van der Waals surface area (Å²) in [7, 11) is 0. The molecule has 2 atom stereocenters. The zero-order valence-corrected chi connectivity index (χ0v) is 16.3. The Morgan fingerprint density at radius 3 is 2.93 bits per heavy atom. The molecule has 2 aromatic rings. The van der Waals surface area contributed by atoms with Gasteiger partial charge in [-0.3, -0.25) is 9.78 Å². The van der Waals surface area contributed by atoms with Gasteiger partial charge in [0, 0.05) is 45.1 Å². The molecular weight excluding hydrogens is 342 g/mol. The van der Waals surface area contributed by atoms with E-state index in [-0.39, 0.29) is 11.3 Å². The van der Waals surface area contributed by atoms with Gasteiger partial charge in [-0.2, -0.15) is 4.98 Å². The van der Waals surface area contributed by atoms with E-state index in [4.69, 9.17) is 4.52 Å². The van der Waals surface area contributed by atoms with E-state index in [1.54, 1.807) is 18.5 Å². The summed E-state index contributed by atoms with van der Waals surface area (Å²) in [6.45, 7) is 10.6. The largest absolute Gasteiger partial charge is 0.339 e. The maximum atomic E-state index is 13.0. The topological polar surface area (TPSA) is 75.4 Å². The fraction of sp³-hybridized carbons (Fsp3) is 0.600. The fourth-order valence-corrected chi connectivity index (χ4v) is 4.67. The number of nitrogens with zero attached hydrogens (tertiary/aromatic N) is 5. The number of aryl methyl sites for hydroxylation is 1. The standard InChI is InChI=1S/C20H27N5O2/c1-14(2)10-24-11-17-6-8-25(18(26)16-5-4-7-21-9-16)13-20(17,12-24)19-22-15(3)23-27-19/h4-5,7,9,14,17H,6,8,10-13H2,1-3H3/t17-,20+/m0/s1. The summed E-state index contributed by atoms with van der Waals surface area (Å²) in [6, 6.07) is 3.63. The molecule has 0 radical (unpaired) electrons. The van der Waals surface area contributed by atoms with Crippen LogP contribution in [0.2, 0.25) is 0 Å². The van der Waals surface area contributed by atoms with Crippen molar-refractivity contribution in [1.29, 1.82) is 0 Å². The molecule has 144 valence electrons. The number of fused-ring (bicyclic) bond motifs is 1. The highest BCUT2D eigenvalue weighted by Crippen LogP contribution is 2.44. The molecule has 27 heavy (non-hydrogen) atoms. The maximum absolute atomic E-state index is 13.0. The smallest absolute Gasteiger partial charge is 0.255 e. The second-order valence-corrected chi connectivity index (χ2v) is 8.34. The average Bonchev–Trinajstić information content (AvgIpc) is 3.24. The van der Waals surface area contributed by atoms with Crippen molar-refractivity contribution in [3.63, 3.8) is 0 Å². The van der Waals surface area contributed by atoms with Crippen molar-refractivity contribution in [2.24, 2.45) is 11.8 Å². The van der Waals surface area contributed by atoms with Crippen molar-refractivity contribution in [3.8, 4) is 0 Å². The first-order valence-electron chi connectivity index (χ1n) is 9.70. The van der Waals surface area contributed by atoms with Crippen LogP contribution >= 0.6 is 0 Å². The van der Waals surface area contributed by atoms with E-state index in [1.165, 1.54) is 0 Å². The number of aromatic nitrogens is 3. The Kier molecular flexibility index (Phi) is 4.72. The maximum Gasteiger partial charge on any atom is 0.255 e. The molecule has 0 N–H and O–H groups in total. The minimum atomic E-state index is -0.285. The molecule has 0 aromatic carbocycles. The zero-order valence-electron chi connectivity index (χ0n) is 16.3. The number of carbonyl (C=O) groups excluding carboxylic acids is 1. The minimum Gasteiger partial charge on any atom is -0.339 e. The van der Waals surface area contributed by atoms with E-state index in [1.807, 2.05) is 17.9 Å². The van der Waals surface area contributed by atoms with Gasteiger partial charge < -0.3 is 14.3 Å². The van der Waals surface area contributed by atoms with Gasteiger partial charge in [0.15, 0.2) is 5.82 Å². The van der Waals surface area contributed by atoms with Crippen LogP contribution in [0, 0.1) is 18.8 Å². The predicted molar refractivity (Wildman–Crippen MR) is 100 cm³/mol. The van der Waals surface area contributed by atoms with E-state index in [0.717, 1.165) is 32.6 Å². The van der Waals surface area contributed by atoms with E-state index < -0.39 is 0 Å². The van der Waals surface area contributed by atoms with E-state index in [0.29, 0.717) is 35.7 Å². The zero-order chi connectivity index (χ0) is 19.0. The molecule has 4 rings (SSSR count). The Labute approximate surface area is 159 Å². The van der Waals surface area contributed by atoms with Crippen molar-refractivity contribution in [3.05, 3.63) is 41.8 Å². The Bertz CT molecular complexity index is 806. The number of carbonyl (C=O) groups is 1. The van der Waals surface area contributed by atoms with Gasteiger partial charge in [-0.15, -0.1) is 0 Å². The SMILES string of the molecule is Cc1noc([C@@]23CN(CC(C)C)C[C@@H]2CCN(C(=O)c2cccnc2)C3)n1. The summed E-state index contributed by atoms with van der Waals surface area (Å²) in [4.78, 5) is 26.1. The average molecular weight is 369 g/mol. The van der Waals surface area contributed by atoms with Gasteiger partial charge >= 0.3 is 0 Å². The molecule has 2 aliphatic heterocycles. The van der Waals surface area contributed by atoms with Gasteiger partial charge in [-0.25, -0.2) is 0 Å². The molecule has 2 aromatic heterocycles. The van der Waals surface area contributed by atoms with Crippen LogP contribution in [0.15, 0.2) is 29.0 Å². The van der Waals surface area contributed by atoms with Gasteiger partial charge in [0.05, 0.1) is 11.0 Å². The summed E-state index contributed by atoms with van der Waals surface area (Å²) in [6.07, 6.45) is 4.27. The van der Waals surface area contributed by atoms with Crippen LogP contribution in [0.3, 0.4) is 0 Å². The number of rotatable bonds is 4. The molecule has 2 fully saturated rings. The van der Waals surface area contributed by atoms with Gasteiger partial charge in [-0.05, 0) is 37.3 Å². The van der Waals surface area contributed by atoms with Gasteiger partial charge in [0.1, 0.15) is 0 Å². The first-order valence-corrected chi connectivity index (χ1v) is 9.70.